The van der Waals surface area contributed by atoms with Gasteiger partial charge in [0.2, 0.25) is 0 Å². The highest BCUT2D eigenvalue weighted by atomic mass is 19.1. The summed E-state index contributed by atoms with van der Waals surface area (Å²) < 4.78 is 18.2. The number of hydrogen-bond donors (Lipinski definition) is 3. The molecule has 0 bridgehead atoms. The SMILES string of the molecule is CC(OC(=O)CC1NNC2CCCCC21)C(=O)NCc1ccc(F)cc1. The number of hydrazine groups is 1. The number of carbonyl (C=O) groups is 2. The van der Waals surface area contributed by atoms with E-state index < -0.39 is 6.10 Å². The summed E-state index contributed by atoms with van der Waals surface area (Å²) in [5, 5.41) is 2.70. The lowest BCUT2D eigenvalue weighted by Gasteiger charge is -2.26. The molecule has 3 N–H and O–H groups in total. The Hall–Kier alpha value is -1.99. The van der Waals surface area contributed by atoms with E-state index in [9.17, 15) is 14.0 Å². The second kappa shape index (κ2) is 8.60. The summed E-state index contributed by atoms with van der Waals surface area (Å²) in [6, 6.07) is 6.37. The Morgan fingerprint density at radius 1 is 1.23 bits per heavy atom. The quantitative estimate of drug-likeness (QED) is 0.672. The number of esters is 1. The van der Waals surface area contributed by atoms with Gasteiger partial charge in [-0.2, -0.15) is 0 Å². The average Bonchev–Trinajstić information content (AvgIpc) is 3.04. The van der Waals surface area contributed by atoms with Crippen LogP contribution in [0, 0.1) is 11.7 Å². The van der Waals surface area contributed by atoms with E-state index in [1.807, 2.05) is 0 Å². The highest BCUT2D eigenvalue weighted by Gasteiger charge is 2.38. The maximum Gasteiger partial charge on any atom is 0.308 e. The molecular formula is C19H26FN3O3. The van der Waals surface area contributed by atoms with Gasteiger partial charge in [-0.3, -0.25) is 20.4 Å². The number of halogens is 1. The topological polar surface area (TPSA) is 79.5 Å². The van der Waals surface area contributed by atoms with E-state index in [0.29, 0.717) is 12.0 Å². The van der Waals surface area contributed by atoms with Crippen LogP contribution in [-0.2, 0) is 20.9 Å². The molecule has 1 heterocycles. The summed E-state index contributed by atoms with van der Waals surface area (Å²) in [6.45, 7) is 1.82. The zero-order valence-electron chi connectivity index (χ0n) is 15.0. The molecule has 6 nitrogen and oxygen atoms in total. The second-order valence-corrected chi connectivity index (χ2v) is 7.13. The number of carbonyl (C=O) groups excluding carboxylic acids is 2. The number of hydrogen-bond acceptors (Lipinski definition) is 5. The summed E-state index contributed by atoms with van der Waals surface area (Å²) in [6.07, 6.45) is 4.04. The van der Waals surface area contributed by atoms with Crippen LogP contribution in [0.15, 0.2) is 24.3 Å². The Labute approximate surface area is 152 Å². The van der Waals surface area contributed by atoms with Gasteiger partial charge in [0.1, 0.15) is 5.82 Å². The van der Waals surface area contributed by atoms with E-state index in [-0.39, 0.29) is 36.7 Å². The minimum Gasteiger partial charge on any atom is -0.452 e. The van der Waals surface area contributed by atoms with E-state index in [4.69, 9.17) is 4.74 Å². The molecule has 0 aromatic heterocycles. The Morgan fingerprint density at radius 3 is 2.73 bits per heavy atom. The average molecular weight is 363 g/mol. The second-order valence-electron chi connectivity index (χ2n) is 7.13. The Morgan fingerprint density at radius 2 is 1.96 bits per heavy atom. The molecule has 0 radical (unpaired) electrons. The maximum absolute atomic E-state index is 12.9. The van der Waals surface area contributed by atoms with Crippen molar-refractivity contribution in [3.05, 3.63) is 35.6 Å². The summed E-state index contributed by atoms with van der Waals surface area (Å²) in [4.78, 5) is 24.3. The van der Waals surface area contributed by atoms with Crippen molar-refractivity contribution in [1.82, 2.24) is 16.2 Å². The van der Waals surface area contributed by atoms with Crippen LogP contribution in [0.4, 0.5) is 4.39 Å². The van der Waals surface area contributed by atoms with Gasteiger partial charge in [0.05, 0.1) is 6.42 Å². The number of ether oxygens (including phenoxy) is 1. The van der Waals surface area contributed by atoms with Crippen LogP contribution in [0.25, 0.3) is 0 Å². The molecule has 3 rings (SSSR count). The number of fused-ring (bicyclic) bond motifs is 1. The van der Waals surface area contributed by atoms with E-state index in [0.717, 1.165) is 18.4 Å². The van der Waals surface area contributed by atoms with Crippen LogP contribution >= 0.6 is 0 Å². The number of amides is 1. The molecule has 142 valence electrons. The predicted octanol–water partition coefficient (Wildman–Crippen LogP) is 1.80. The van der Waals surface area contributed by atoms with Crippen LogP contribution in [0.3, 0.4) is 0 Å². The van der Waals surface area contributed by atoms with E-state index in [1.165, 1.54) is 25.0 Å². The lowest BCUT2D eigenvalue weighted by Crippen LogP contribution is -2.38. The van der Waals surface area contributed by atoms with Crippen molar-refractivity contribution in [3.63, 3.8) is 0 Å². The van der Waals surface area contributed by atoms with Gasteiger partial charge in [-0.15, -0.1) is 0 Å². The molecule has 4 unspecified atom stereocenters. The molecule has 1 saturated carbocycles. The number of rotatable bonds is 6. The van der Waals surface area contributed by atoms with Gasteiger partial charge in [-0.25, -0.2) is 4.39 Å². The van der Waals surface area contributed by atoms with Gasteiger partial charge in [-0.05, 0) is 43.4 Å². The standard InChI is InChI=1S/C19H26FN3O3/c1-12(19(25)21-11-13-6-8-14(20)9-7-13)26-18(24)10-17-15-4-2-3-5-16(15)22-23-17/h6-9,12,15-17,22-23H,2-5,10-11H2,1H3,(H,21,25). The normalized spacial score (nSPS) is 26.0. The van der Waals surface area contributed by atoms with Gasteiger partial charge in [-0.1, -0.05) is 25.0 Å². The van der Waals surface area contributed by atoms with Crippen molar-refractivity contribution in [2.75, 3.05) is 0 Å². The van der Waals surface area contributed by atoms with Crippen molar-refractivity contribution in [2.24, 2.45) is 5.92 Å². The third-order valence-corrected chi connectivity index (χ3v) is 5.23. The number of benzene rings is 1. The Bertz CT molecular complexity index is 637. The third-order valence-electron chi connectivity index (χ3n) is 5.23. The van der Waals surface area contributed by atoms with Gasteiger partial charge in [0.25, 0.3) is 5.91 Å². The zero-order valence-corrected chi connectivity index (χ0v) is 15.0. The molecule has 2 fully saturated rings. The first-order chi connectivity index (χ1) is 12.5. The van der Waals surface area contributed by atoms with Crippen molar-refractivity contribution in [2.45, 2.75) is 63.8 Å². The lowest BCUT2D eigenvalue weighted by atomic mass is 9.81. The minimum atomic E-state index is -0.862. The van der Waals surface area contributed by atoms with Crippen molar-refractivity contribution in [1.29, 1.82) is 0 Å². The minimum absolute atomic E-state index is 0.0577. The highest BCUT2D eigenvalue weighted by molar-refractivity contribution is 5.83. The first kappa shape index (κ1) is 18.8. The predicted molar refractivity (Wildman–Crippen MR) is 94.2 cm³/mol. The largest absolute Gasteiger partial charge is 0.452 e. The van der Waals surface area contributed by atoms with E-state index >= 15 is 0 Å². The fourth-order valence-electron chi connectivity index (χ4n) is 3.76. The molecule has 1 aromatic carbocycles. The van der Waals surface area contributed by atoms with E-state index in [2.05, 4.69) is 16.2 Å². The van der Waals surface area contributed by atoms with Crippen LogP contribution in [0.5, 0.6) is 0 Å². The molecule has 1 saturated heterocycles. The van der Waals surface area contributed by atoms with Crippen LogP contribution in [0.1, 0.15) is 44.6 Å². The summed E-state index contributed by atoms with van der Waals surface area (Å²) >= 11 is 0. The molecule has 4 atom stereocenters. The summed E-state index contributed by atoms with van der Waals surface area (Å²) in [5.74, 6) is -0.618. The molecule has 1 amide bonds. The molecule has 7 heteroatoms. The van der Waals surface area contributed by atoms with Crippen molar-refractivity contribution >= 4 is 11.9 Å². The van der Waals surface area contributed by atoms with Crippen LogP contribution < -0.4 is 16.2 Å². The van der Waals surface area contributed by atoms with Crippen LogP contribution in [-0.4, -0.2) is 30.1 Å². The lowest BCUT2D eigenvalue weighted by molar-refractivity contribution is -0.155. The van der Waals surface area contributed by atoms with Gasteiger partial charge in [0.15, 0.2) is 6.10 Å². The van der Waals surface area contributed by atoms with E-state index in [1.54, 1.807) is 19.1 Å². The fourth-order valence-corrected chi connectivity index (χ4v) is 3.76. The maximum atomic E-state index is 12.9. The van der Waals surface area contributed by atoms with Crippen LogP contribution in [0.2, 0.25) is 0 Å². The fraction of sp³-hybridized carbons (Fsp3) is 0.579. The monoisotopic (exact) mass is 363 g/mol. The zero-order chi connectivity index (χ0) is 18.5. The van der Waals surface area contributed by atoms with Gasteiger partial charge in [0, 0.05) is 18.6 Å². The summed E-state index contributed by atoms with van der Waals surface area (Å²) in [7, 11) is 0. The summed E-state index contributed by atoms with van der Waals surface area (Å²) in [5.41, 5.74) is 7.25. The smallest absolute Gasteiger partial charge is 0.308 e. The first-order valence-electron chi connectivity index (χ1n) is 9.25. The molecule has 2 aliphatic rings. The molecule has 1 aromatic rings. The first-order valence-corrected chi connectivity index (χ1v) is 9.25. The third kappa shape index (κ3) is 4.80. The van der Waals surface area contributed by atoms with Gasteiger partial charge >= 0.3 is 5.97 Å². The van der Waals surface area contributed by atoms with Crippen molar-refractivity contribution < 1.29 is 18.7 Å². The Balaban J connectivity index is 1.41. The van der Waals surface area contributed by atoms with Gasteiger partial charge < -0.3 is 10.1 Å². The molecule has 1 aliphatic heterocycles. The molecular weight excluding hydrogens is 337 g/mol. The molecule has 26 heavy (non-hydrogen) atoms. The molecule has 1 aliphatic carbocycles. The molecule has 0 spiro atoms. The van der Waals surface area contributed by atoms with Crippen molar-refractivity contribution in [3.8, 4) is 0 Å². The highest BCUT2D eigenvalue weighted by Crippen LogP contribution is 2.31. The number of nitrogens with one attached hydrogen (secondary N) is 3. The Kier molecular flexibility index (Phi) is 6.21.